The topological polar surface area (TPSA) is 9.23 Å². The SMILES string of the molecule is CCCCOc1ccc(CCC2=CCC([C@H]3CC[C@H](CCCC)CC3)CC2)cc1. The first-order valence-electron chi connectivity index (χ1n) is 12.7. The molecule has 162 valence electrons. The third-order valence-electron chi connectivity index (χ3n) is 7.49. The number of unbranched alkanes of at least 4 members (excludes halogenated alkanes) is 2. The van der Waals surface area contributed by atoms with Gasteiger partial charge in [0.1, 0.15) is 5.75 Å². The molecule has 0 radical (unpaired) electrons. The van der Waals surface area contributed by atoms with E-state index in [1.165, 1.54) is 89.0 Å². The molecule has 0 heterocycles. The van der Waals surface area contributed by atoms with Gasteiger partial charge in [0.2, 0.25) is 0 Å². The Hall–Kier alpha value is -1.24. The third kappa shape index (κ3) is 7.50. The summed E-state index contributed by atoms with van der Waals surface area (Å²) in [5.74, 6) is 4.06. The predicted octanol–water partition coefficient (Wildman–Crippen LogP) is 8.52. The van der Waals surface area contributed by atoms with E-state index in [-0.39, 0.29) is 0 Å². The van der Waals surface area contributed by atoms with Crippen LogP contribution in [0.4, 0.5) is 0 Å². The van der Waals surface area contributed by atoms with Gasteiger partial charge in [0.25, 0.3) is 0 Å². The van der Waals surface area contributed by atoms with E-state index in [4.69, 9.17) is 4.74 Å². The summed E-state index contributed by atoms with van der Waals surface area (Å²) in [7, 11) is 0. The van der Waals surface area contributed by atoms with Gasteiger partial charge in [-0.15, -0.1) is 0 Å². The monoisotopic (exact) mass is 396 g/mol. The second-order valence-electron chi connectivity index (χ2n) is 9.67. The maximum absolute atomic E-state index is 5.78. The molecule has 0 aliphatic heterocycles. The summed E-state index contributed by atoms with van der Waals surface area (Å²) in [5, 5.41) is 0. The van der Waals surface area contributed by atoms with Crippen molar-refractivity contribution < 1.29 is 4.74 Å². The van der Waals surface area contributed by atoms with E-state index in [9.17, 15) is 0 Å². The maximum Gasteiger partial charge on any atom is 0.119 e. The summed E-state index contributed by atoms with van der Waals surface area (Å²) in [6.45, 7) is 5.37. The van der Waals surface area contributed by atoms with Crippen molar-refractivity contribution in [2.75, 3.05) is 6.61 Å². The Morgan fingerprint density at radius 2 is 1.59 bits per heavy atom. The van der Waals surface area contributed by atoms with E-state index in [0.717, 1.165) is 36.5 Å². The molecule has 0 spiro atoms. The van der Waals surface area contributed by atoms with Gasteiger partial charge in [-0.2, -0.15) is 0 Å². The van der Waals surface area contributed by atoms with Crippen LogP contribution < -0.4 is 4.74 Å². The first-order chi connectivity index (χ1) is 14.3. The molecule has 2 aliphatic carbocycles. The minimum Gasteiger partial charge on any atom is -0.494 e. The summed E-state index contributed by atoms with van der Waals surface area (Å²) in [6.07, 6.45) is 21.8. The number of ether oxygens (including phenoxy) is 1. The molecule has 0 N–H and O–H groups in total. The van der Waals surface area contributed by atoms with Crippen LogP contribution in [-0.4, -0.2) is 6.61 Å². The van der Waals surface area contributed by atoms with E-state index < -0.39 is 0 Å². The van der Waals surface area contributed by atoms with Crippen molar-refractivity contribution in [1.82, 2.24) is 0 Å². The number of hydrogen-bond acceptors (Lipinski definition) is 1. The molecule has 0 amide bonds. The van der Waals surface area contributed by atoms with Gasteiger partial charge in [0.15, 0.2) is 0 Å². The van der Waals surface area contributed by atoms with Crippen molar-refractivity contribution in [1.29, 1.82) is 0 Å². The fraction of sp³-hybridized carbons (Fsp3) is 0.714. The second-order valence-corrected chi connectivity index (χ2v) is 9.67. The zero-order valence-electron chi connectivity index (χ0n) is 19.1. The molecule has 1 nitrogen and oxygen atoms in total. The van der Waals surface area contributed by atoms with Gasteiger partial charge in [-0.3, -0.25) is 0 Å². The van der Waals surface area contributed by atoms with Gasteiger partial charge in [-0.1, -0.05) is 76.2 Å². The van der Waals surface area contributed by atoms with Gasteiger partial charge < -0.3 is 4.74 Å². The van der Waals surface area contributed by atoms with E-state index in [2.05, 4.69) is 44.2 Å². The minimum absolute atomic E-state index is 0.838. The fourth-order valence-corrected chi connectivity index (χ4v) is 5.40. The number of hydrogen-bond donors (Lipinski definition) is 0. The Morgan fingerprint density at radius 3 is 2.24 bits per heavy atom. The molecule has 1 aromatic rings. The second kappa shape index (κ2) is 12.5. The molecule has 29 heavy (non-hydrogen) atoms. The first-order valence-corrected chi connectivity index (χ1v) is 12.7. The van der Waals surface area contributed by atoms with Crippen molar-refractivity contribution in [2.45, 2.75) is 104 Å². The smallest absolute Gasteiger partial charge is 0.119 e. The van der Waals surface area contributed by atoms with Gasteiger partial charge >= 0.3 is 0 Å². The van der Waals surface area contributed by atoms with Crippen LogP contribution in [0, 0.1) is 17.8 Å². The molecule has 1 aromatic carbocycles. The predicted molar refractivity (Wildman–Crippen MR) is 126 cm³/mol. The highest BCUT2D eigenvalue weighted by Crippen LogP contribution is 2.41. The average Bonchev–Trinajstić information content (AvgIpc) is 2.78. The average molecular weight is 397 g/mol. The normalized spacial score (nSPS) is 24.9. The number of aryl methyl sites for hydroxylation is 1. The molecule has 1 atom stereocenters. The quantitative estimate of drug-likeness (QED) is 0.269. The summed E-state index contributed by atoms with van der Waals surface area (Å²) >= 11 is 0. The van der Waals surface area contributed by atoms with Gasteiger partial charge in [0, 0.05) is 0 Å². The number of rotatable bonds is 11. The van der Waals surface area contributed by atoms with Crippen LogP contribution in [0.3, 0.4) is 0 Å². The molecule has 1 unspecified atom stereocenters. The van der Waals surface area contributed by atoms with Gasteiger partial charge in [-0.25, -0.2) is 0 Å². The molecule has 2 aliphatic rings. The van der Waals surface area contributed by atoms with Gasteiger partial charge in [-0.05, 0) is 86.8 Å². The first kappa shape index (κ1) is 22.4. The lowest BCUT2D eigenvalue weighted by molar-refractivity contribution is 0.185. The molecule has 1 heteroatoms. The Morgan fingerprint density at radius 1 is 0.828 bits per heavy atom. The highest BCUT2D eigenvalue weighted by atomic mass is 16.5. The van der Waals surface area contributed by atoms with Crippen LogP contribution in [0.15, 0.2) is 35.9 Å². The zero-order chi connectivity index (χ0) is 20.3. The Balaban J connectivity index is 1.36. The standard InChI is InChI=1S/C28H44O/c1-3-5-7-23-10-16-26(17-11-23)27-18-12-24(13-19-27)8-9-25-14-20-28(21-15-25)29-22-6-4-2/h12,14-15,20-21,23,26-27H,3-11,13,16-19,22H2,1-2H3/t23-,26-,27?. The Labute approximate surface area is 180 Å². The van der Waals surface area contributed by atoms with E-state index >= 15 is 0 Å². The van der Waals surface area contributed by atoms with Crippen LogP contribution in [0.25, 0.3) is 0 Å². The minimum atomic E-state index is 0.838. The molecule has 1 fully saturated rings. The highest BCUT2D eigenvalue weighted by Gasteiger charge is 2.28. The molecular formula is C28H44O. The largest absolute Gasteiger partial charge is 0.494 e. The van der Waals surface area contributed by atoms with Crippen LogP contribution in [0.1, 0.15) is 103 Å². The van der Waals surface area contributed by atoms with E-state index in [0.29, 0.717) is 0 Å². The lowest BCUT2D eigenvalue weighted by atomic mass is 9.70. The summed E-state index contributed by atoms with van der Waals surface area (Å²) in [5.41, 5.74) is 3.16. The summed E-state index contributed by atoms with van der Waals surface area (Å²) in [4.78, 5) is 0. The Kier molecular flexibility index (Phi) is 9.64. The van der Waals surface area contributed by atoms with Crippen LogP contribution in [-0.2, 0) is 6.42 Å². The van der Waals surface area contributed by atoms with Crippen LogP contribution in [0.2, 0.25) is 0 Å². The zero-order valence-corrected chi connectivity index (χ0v) is 19.1. The molecule has 0 saturated heterocycles. The summed E-state index contributed by atoms with van der Waals surface area (Å²) in [6, 6.07) is 8.80. The third-order valence-corrected chi connectivity index (χ3v) is 7.49. The van der Waals surface area contributed by atoms with Crippen LogP contribution in [0.5, 0.6) is 5.75 Å². The van der Waals surface area contributed by atoms with Crippen molar-refractivity contribution in [3.63, 3.8) is 0 Å². The van der Waals surface area contributed by atoms with E-state index in [1.54, 1.807) is 5.57 Å². The molecule has 0 aromatic heterocycles. The fourth-order valence-electron chi connectivity index (χ4n) is 5.40. The number of allylic oxidation sites excluding steroid dienone is 2. The van der Waals surface area contributed by atoms with Crippen molar-refractivity contribution in [3.05, 3.63) is 41.5 Å². The Bertz CT molecular complexity index is 591. The van der Waals surface area contributed by atoms with E-state index in [1.807, 2.05) is 0 Å². The van der Waals surface area contributed by atoms with Crippen molar-refractivity contribution in [2.24, 2.45) is 17.8 Å². The maximum atomic E-state index is 5.78. The van der Waals surface area contributed by atoms with Crippen molar-refractivity contribution in [3.8, 4) is 5.75 Å². The number of benzene rings is 1. The molecule has 0 bridgehead atoms. The van der Waals surface area contributed by atoms with Crippen molar-refractivity contribution >= 4 is 0 Å². The lowest BCUT2D eigenvalue weighted by Crippen LogP contribution is -2.23. The lowest BCUT2D eigenvalue weighted by Gasteiger charge is -2.35. The summed E-state index contributed by atoms with van der Waals surface area (Å²) < 4.78 is 5.78. The molecule has 3 rings (SSSR count). The van der Waals surface area contributed by atoms with Crippen LogP contribution >= 0.6 is 0 Å². The highest BCUT2D eigenvalue weighted by molar-refractivity contribution is 5.28. The molecule has 1 saturated carbocycles. The molecular weight excluding hydrogens is 352 g/mol. The van der Waals surface area contributed by atoms with Gasteiger partial charge in [0.05, 0.1) is 6.61 Å².